The van der Waals surface area contributed by atoms with Gasteiger partial charge in [0.2, 0.25) is 0 Å². The molecule has 0 aromatic carbocycles. The zero-order valence-electron chi connectivity index (χ0n) is 13.7. The van der Waals surface area contributed by atoms with Crippen molar-refractivity contribution in [2.24, 2.45) is 5.73 Å². The standard InChI is InChI=1S/C16H23N5OS.ClH/c1-2-8-21-15(10-17)18-19-16(21)23-11-13-9-14(20-22-13)12-6-4-3-5-7-12;/h2,9,12H,1,3-8,10-11,17H2;1H. The largest absolute Gasteiger partial charge is 0.360 e. The lowest BCUT2D eigenvalue weighted by atomic mass is 9.87. The van der Waals surface area contributed by atoms with E-state index in [9.17, 15) is 0 Å². The molecule has 0 spiro atoms. The normalized spacial score (nSPS) is 15.2. The second-order valence-electron chi connectivity index (χ2n) is 5.84. The molecule has 1 aliphatic rings. The van der Waals surface area contributed by atoms with E-state index in [4.69, 9.17) is 10.3 Å². The van der Waals surface area contributed by atoms with Gasteiger partial charge in [0.15, 0.2) is 5.16 Å². The SMILES string of the molecule is C=CCn1c(CN)nnc1SCc1cc(C2CCCCC2)no1.Cl. The number of nitrogens with two attached hydrogens (primary N) is 1. The highest BCUT2D eigenvalue weighted by Crippen LogP contribution is 2.33. The van der Waals surface area contributed by atoms with E-state index in [1.54, 1.807) is 11.8 Å². The first kappa shape index (κ1) is 19.0. The molecular formula is C16H24ClN5OS. The van der Waals surface area contributed by atoms with E-state index in [0.29, 0.717) is 24.8 Å². The first-order chi connectivity index (χ1) is 11.3. The van der Waals surface area contributed by atoms with Crippen LogP contribution in [0.2, 0.25) is 0 Å². The minimum Gasteiger partial charge on any atom is -0.360 e. The zero-order valence-corrected chi connectivity index (χ0v) is 15.3. The summed E-state index contributed by atoms with van der Waals surface area (Å²) in [6.45, 7) is 4.80. The van der Waals surface area contributed by atoms with Crippen LogP contribution >= 0.6 is 24.2 Å². The fraction of sp³-hybridized carbons (Fsp3) is 0.562. The summed E-state index contributed by atoms with van der Waals surface area (Å²) in [5.74, 6) is 2.92. The minimum absolute atomic E-state index is 0. The van der Waals surface area contributed by atoms with Crippen LogP contribution in [-0.2, 0) is 18.8 Å². The molecule has 0 unspecified atom stereocenters. The molecule has 1 aliphatic carbocycles. The molecule has 2 heterocycles. The fourth-order valence-corrected chi connectivity index (χ4v) is 3.85. The van der Waals surface area contributed by atoms with Crippen LogP contribution in [0.3, 0.4) is 0 Å². The summed E-state index contributed by atoms with van der Waals surface area (Å²) >= 11 is 1.59. The highest BCUT2D eigenvalue weighted by atomic mass is 35.5. The Morgan fingerprint density at radius 2 is 2.12 bits per heavy atom. The van der Waals surface area contributed by atoms with E-state index < -0.39 is 0 Å². The van der Waals surface area contributed by atoms with Gasteiger partial charge in [0.05, 0.1) is 18.0 Å². The smallest absolute Gasteiger partial charge is 0.191 e. The maximum Gasteiger partial charge on any atom is 0.191 e. The summed E-state index contributed by atoms with van der Waals surface area (Å²) in [4.78, 5) is 0. The summed E-state index contributed by atoms with van der Waals surface area (Å²) in [6.07, 6.45) is 8.23. The Kier molecular flexibility index (Phi) is 7.33. The number of hydrogen-bond acceptors (Lipinski definition) is 6. The first-order valence-electron chi connectivity index (χ1n) is 8.13. The molecule has 0 amide bonds. The molecule has 2 aromatic rings. The van der Waals surface area contributed by atoms with Gasteiger partial charge >= 0.3 is 0 Å². The van der Waals surface area contributed by atoms with Crippen molar-refractivity contribution >= 4 is 24.2 Å². The summed E-state index contributed by atoms with van der Waals surface area (Å²) < 4.78 is 7.48. The topological polar surface area (TPSA) is 82.8 Å². The van der Waals surface area contributed by atoms with Gasteiger partial charge in [0.1, 0.15) is 11.6 Å². The minimum atomic E-state index is 0. The van der Waals surface area contributed by atoms with Gasteiger partial charge < -0.3 is 14.8 Å². The quantitative estimate of drug-likeness (QED) is 0.592. The second-order valence-corrected chi connectivity index (χ2v) is 6.79. The molecule has 3 rings (SSSR count). The van der Waals surface area contributed by atoms with Crippen molar-refractivity contribution in [3.63, 3.8) is 0 Å². The van der Waals surface area contributed by atoms with Gasteiger partial charge in [-0.3, -0.25) is 0 Å². The maximum absolute atomic E-state index is 5.69. The Balaban J connectivity index is 0.00000208. The first-order valence-corrected chi connectivity index (χ1v) is 9.11. The third kappa shape index (κ3) is 4.40. The van der Waals surface area contributed by atoms with Crippen LogP contribution < -0.4 is 5.73 Å². The van der Waals surface area contributed by atoms with Gasteiger partial charge in [-0.1, -0.05) is 42.3 Å². The number of aromatic nitrogens is 4. The summed E-state index contributed by atoms with van der Waals surface area (Å²) in [7, 11) is 0. The number of halogens is 1. The van der Waals surface area contributed by atoms with Gasteiger partial charge in [0, 0.05) is 18.5 Å². The highest BCUT2D eigenvalue weighted by molar-refractivity contribution is 7.98. The molecule has 132 valence electrons. The molecule has 24 heavy (non-hydrogen) atoms. The van der Waals surface area contributed by atoms with Crippen molar-refractivity contribution in [1.29, 1.82) is 0 Å². The molecule has 2 N–H and O–H groups in total. The predicted molar refractivity (Wildman–Crippen MR) is 97.2 cm³/mol. The Morgan fingerprint density at radius 3 is 2.83 bits per heavy atom. The van der Waals surface area contributed by atoms with Crippen LogP contribution in [0.5, 0.6) is 0 Å². The van der Waals surface area contributed by atoms with E-state index in [2.05, 4.69) is 28.0 Å². The lowest BCUT2D eigenvalue weighted by Crippen LogP contribution is -2.08. The maximum atomic E-state index is 5.69. The van der Waals surface area contributed by atoms with Crippen molar-refractivity contribution in [2.75, 3.05) is 0 Å². The monoisotopic (exact) mass is 369 g/mol. The average molecular weight is 370 g/mol. The molecule has 0 aliphatic heterocycles. The van der Waals surface area contributed by atoms with Gasteiger partial charge in [-0.25, -0.2) is 0 Å². The fourth-order valence-electron chi connectivity index (χ4n) is 3.01. The van der Waals surface area contributed by atoms with E-state index in [1.807, 2.05) is 10.6 Å². The molecule has 6 nitrogen and oxygen atoms in total. The molecule has 1 fully saturated rings. The van der Waals surface area contributed by atoms with E-state index in [0.717, 1.165) is 22.4 Å². The Bertz CT molecular complexity index is 651. The molecule has 1 saturated carbocycles. The van der Waals surface area contributed by atoms with Gasteiger partial charge in [0.25, 0.3) is 0 Å². The lowest BCUT2D eigenvalue weighted by molar-refractivity contribution is 0.365. The van der Waals surface area contributed by atoms with Gasteiger partial charge in [-0.15, -0.1) is 29.2 Å². The lowest BCUT2D eigenvalue weighted by Gasteiger charge is -2.18. The molecule has 0 radical (unpaired) electrons. The Labute approximate surface area is 152 Å². The van der Waals surface area contributed by atoms with E-state index in [-0.39, 0.29) is 12.4 Å². The van der Waals surface area contributed by atoms with Crippen LogP contribution in [0.15, 0.2) is 28.4 Å². The summed E-state index contributed by atoms with van der Waals surface area (Å²) in [5, 5.41) is 13.4. The summed E-state index contributed by atoms with van der Waals surface area (Å²) in [6, 6.07) is 2.10. The van der Waals surface area contributed by atoms with Crippen LogP contribution in [0.4, 0.5) is 0 Å². The molecular weight excluding hydrogens is 346 g/mol. The zero-order chi connectivity index (χ0) is 16.1. The number of allylic oxidation sites excluding steroid dienone is 1. The molecule has 8 heteroatoms. The predicted octanol–water partition coefficient (Wildman–Crippen LogP) is 3.67. The highest BCUT2D eigenvalue weighted by Gasteiger charge is 2.20. The van der Waals surface area contributed by atoms with E-state index in [1.165, 1.54) is 32.1 Å². The molecule has 0 saturated heterocycles. The molecule has 0 bridgehead atoms. The van der Waals surface area contributed by atoms with Crippen LogP contribution in [-0.4, -0.2) is 19.9 Å². The molecule has 2 aromatic heterocycles. The van der Waals surface area contributed by atoms with Crippen LogP contribution in [0.25, 0.3) is 0 Å². The number of nitrogens with zero attached hydrogens (tertiary/aromatic N) is 4. The number of thioether (sulfide) groups is 1. The third-order valence-electron chi connectivity index (χ3n) is 4.23. The summed E-state index contributed by atoms with van der Waals surface area (Å²) in [5.41, 5.74) is 6.80. The van der Waals surface area contributed by atoms with Crippen molar-refractivity contribution < 1.29 is 4.52 Å². The van der Waals surface area contributed by atoms with Crippen molar-refractivity contribution in [3.8, 4) is 0 Å². The second kappa shape index (κ2) is 9.25. The van der Waals surface area contributed by atoms with Crippen molar-refractivity contribution in [3.05, 3.63) is 36.0 Å². The third-order valence-corrected chi connectivity index (χ3v) is 5.22. The average Bonchev–Trinajstić information content (AvgIpc) is 3.21. The van der Waals surface area contributed by atoms with Crippen molar-refractivity contribution in [2.45, 2.75) is 62.0 Å². The number of hydrogen-bond donors (Lipinski definition) is 1. The van der Waals surface area contributed by atoms with Gasteiger partial charge in [-0.05, 0) is 12.8 Å². The van der Waals surface area contributed by atoms with Crippen molar-refractivity contribution in [1.82, 2.24) is 19.9 Å². The van der Waals surface area contributed by atoms with Gasteiger partial charge in [-0.2, -0.15) is 0 Å². The number of rotatable bonds is 7. The Morgan fingerprint density at radius 1 is 1.33 bits per heavy atom. The van der Waals surface area contributed by atoms with Crippen LogP contribution in [0, 0.1) is 0 Å². The van der Waals surface area contributed by atoms with Crippen LogP contribution in [0.1, 0.15) is 55.3 Å². The molecule has 0 atom stereocenters. The Hall–Kier alpha value is -1.31. The van der Waals surface area contributed by atoms with E-state index >= 15 is 0 Å².